The van der Waals surface area contributed by atoms with E-state index in [9.17, 15) is 9.59 Å². The standard InChI is InChI=1S/C20H25N5O3/c1-23(2)13-16-12-20(19(27)28-16)8-10-24(11-9-20)18(26)17-14-25(22-21-17)15-6-4-3-5-7-15/h3-7,14,16H,8-13H2,1-2H3. The monoisotopic (exact) mass is 383 g/mol. The van der Waals surface area contributed by atoms with Crippen LogP contribution < -0.4 is 0 Å². The number of likely N-dealkylation sites (tertiary alicyclic amines) is 1. The molecule has 8 nitrogen and oxygen atoms in total. The van der Waals surface area contributed by atoms with Crippen molar-refractivity contribution in [3.05, 3.63) is 42.2 Å². The Morgan fingerprint density at radius 3 is 2.64 bits per heavy atom. The molecule has 0 aliphatic carbocycles. The van der Waals surface area contributed by atoms with E-state index in [0.717, 1.165) is 18.7 Å². The van der Waals surface area contributed by atoms with Gasteiger partial charge < -0.3 is 14.5 Å². The molecule has 0 radical (unpaired) electrons. The molecule has 3 heterocycles. The first-order chi connectivity index (χ1) is 13.5. The van der Waals surface area contributed by atoms with Crippen LogP contribution in [-0.4, -0.2) is 76.5 Å². The van der Waals surface area contributed by atoms with Crippen molar-refractivity contribution < 1.29 is 14.3 Å². The summed E-state index contributed by atoms with van der Waals surface area (Å²) >= 11 is 0. The lowest BCUT2D eigenvalue weighted by atomic mass is 9.76. The van der Waals surface area contributed by atoms with Crippen molar-refractivity contribution in [3.63, 3.8) is 0 Å². The molecule has 1 atom stereocenters. The van der Waals surface area contributed by atoms with E-state index in [1.165, 1.54) is 0 Å². The molecule has 148 valence electrons. The van der Waals surface area contributed by atoms with E-state index < -0.39 is 5.41 Å². The summed E-state index contributed by atoms with van der Waals surface area (Å²) in [6.45, 7) is 1.79. The van der Waals surface area contributed by atoms with Gasteiger partial charge in [0.1, 0.15) is 6.10 Å². The molecule has 1 unspecified atom stereocenters. The van der Waals surface area contributed by atoms with Crippen molar-refractivity contribution >= 4 is 11.9 Å². The van der Waals surface area contributed by atoms with E-state index in [-0.39, 0.29) is 18.0 Å². The van der Waals surface area contributed by atoms with Crippen LogP contribution in [0.5, 0.6) is 0 Å². The van der Waals surface area contributed by atoms with E-state index in [1.54, 1.807) is 15.8 Å². The number of nitrogens with zero attached hydrogens (tertiary/aromatic N) is 5. The number of carbonyl (C=O) groups is 2. The molecule has 2 aromatic rings. The van der Waals surface area contributed by atoms with E-state index >= 15 is 0 Å². The minimum Gasteiger partial charge on any atom is -0.461 e. The van der Waals surface area contributed by atoms with Crippen LogP contribution in [-0.2, 0) is 9.53 Å². The van der Waals surface area contributed by atoms with Crippen LogP contribution in [0.2, 0.25) is 0 Å². The molecule has 28 heavy (non-hydrogen) atoms. The van der Waals surface area contributed by atoms with Crippen LogP contribution in [0.1, 0.15) is 29.8 Å². The summed E-state index contributed by atoms with van der Waals surface area (Å²) in [5.74, 6) is -0.255. The Labute approximate surface area is 164 Å². The lowest BCUT2D eigenvalue weighted by Crippen LogP contribution is -2.45. The smallest absolute Gasteiger partial charge is 0.312 e. The van der Waals surface area contributed by atoms with E-state index in [2.05, 4.69) is 10.3 Å². The number of amides is 1. The van der Waals surface area contributed by atoms with Crippen molar-refractivity contribution in [2.45, 2.75) is 25.4 Å². The van der Waals surface area contributed by atoms with Gasteiger partial charge in [0.2, 0.25) is 0 Å². The predicted octanol–water partition coefficient (Wildman–Crippen LogP) is 1.37. The van der Waals surface area contributed by atoms with Crippen molar-refractivity contribution in [2.75, 3.05) is 33.7 Å². The normalized spacial score (nSPS) is 21.3. The quantitative estimate of drug-likeness (QED) is 0.742. The SMILES string of the molecule is CN(C)CC1CC2(CCN(C(=O)c3cn(-c4ccccc4)nn3)CC2)C(=O)O1. The van der Waals surface area contributed by atoms with Crippen molar-refractivity contribution in [2.24, 2.45) is 5.41 Å². The average Bonchev–Trinajstić information content (AvgIpc) is 3.28. The second kappa shape index (κ2) is 7.35. The number of carbonyl (C=O) groups excluding carboxylic acids is 2. The van der Waals surface area contributed by atoms with Gasteiger partial charge >= 0.3 is 5.97 Å². The molecule has 1 amide bonds. The molecule has 8 heteroatoms. The largest absolute Gasteiger partial charge is 0.461 e. The number of hydrogen-bond donors (Lipinski definition) is 0. The number of piperidine rings is 1. The Bertz CT molecular complexity index is 856. The van der Waals surface area contributed by atoms with Gasteiger partial charge in [-0.15, -0.1) is 5.10 Å². The Hall–Kier alpha value is -2.74. The molecule has 4 rings (SSSR count). The Morgan fingerprint density at radius 2 is 1.96 bits per heavy atom. The van der Waals surface area contributed by atoms with Gasteiger partial charge in [0.15, 0.2) is 5.69 Å². The number of para-hydroxylation sites is 1. The number of ether oxygens (including phenoxy) is 1. The summed E-state index contributed by atoms with van der Waals surface area (Å²) in [6.07, 6.45) is 3.59. The first kappa shape index (κ1) is 18.6. The minimum atomic E-state index is -0.445. The number of esters is 1. The molecule has 0 N–H and O–H groups in total. The number of cyclic esters (lactones) is 1. The van der Waals surface area contributed by atoms with Crippen LogP contribution in [0.4, 0.5) is 0 Å². The fourth-order valence-corrected chi connectivity index (χ4v) is 4.12. The van der Waals surface area contributed by atoms with Crippen LogP contribution >= 0.6 is 0 Å². The van der Waals surface area contributed by atoms with Crippen molar-refractivity contribution in [1.29, 1.82) is 0 Å². The third-order valence-electron chi connectivity index (χ3n) is 5.63. The van der Waals surface area contributed by atoms with Gasteiger partial charge in [0.05, 0.1) is 17.3 Å². The summed E-state index contributed by atoms with van der Waals surface area (Å²) in [4.78, 5) is 29.1. The Morgan fingerprint density at radius 1 is 1.25 bits per heavy atom. The molecule has 2 aliphatic heterocycles. The van der Waals surface area contributed by atoms with Gasteiger partial charge in [0.25, 0.3) is 5.91 Å². The highest BCUT2D eigenvalue weighted by molar-refractivity contribution is 5.92. The fourth-order valence-electron chi connectivity index (χ4n) is 4.12. The van der Waals surface area contributed by atoms with Gasteiger partial charge in [0, 0.05) is 26.1 Å². The minimum absolute atomic E-state index is 0.0597. The molecular formula is C20H25N5O3. The zero-order valence-electron chi connectivity index (χ0n) is 16.2. The first-order valence-corrected chi connectivity index (χ1v) is 9.60. The molecule has 1 spiro atoms. The Kier molecular flexibility index (Phi) is 4.89. The van der Waals surface area contributed by atoms with Gasteiger partial charge in [-0.05, 0) is 39.1 Å². The second-order valence-corrected chi connectivity index (χ2v) is 7.95. The molecule has 2 fully saturated rings. The molecule has 1 aromatic carbocycles. The predicted molar refractivity (Wildman–Crippen MR) is 102 cm³/mol. The molecule has 1 aromatic heterocycles. The molecule has 2 aliphatic rings. The summed E-state index contributed by atoms with van der Waals surface area (Å²) in [5, 5.41) is 8.10. The van der Waals surface area contributed by atoms with Crippen LogP contribution in [0.15, 0.2) is 36.5 Å². The van der Waals surface area contributed by atoms with Gasteiger partial charge in [-0.3, -0.25) is 9.59 Å². The highest BCUT2D eigenvalue weighted by atomic mass is 16.6. The molecule has 0 bridgehead atoms. The van der Waals surface area contributed by atoms with Gasteiger partial charge in [-0.1, -0.05) is 23.4 Å². The maximum Gasteiger partial charge on any atom is 0.312 e. The third kappa shape index (κ3) is 3.52. The maximum absolute atomic E-state index is 12.8. The van der Waals surface area contributed by atoms with Crippen LogP contribution in [0.25, 0.3) is 5.69 Å². The fraction of sp³-hybridized carbons (Fsp3) is 0.500. The maximum atomic E-state index is 12.8. The highest BCUT2D eigenvalue weighted by Gasteiger charge is 2.50. The number of rotatable bonds is 4. The van der Waals surface area contributed by atoms with E-state index in [4.69, 9.17) is 4.74 Å². The molecular weight excluding hydrogens is 358 g/mol. The second-order valence-electron chi connectivity index (χ2n) is 7.95. The van der Waals surface area contributed by atoms with Crippen LogP contribution in [0.3, 0.4) is 0 Å². The topological polar surface area (TPSA) is 80.6 Å². The molecule has 0 saturated carbocycles. The van der Waals surface area contributed by atoms with E-state index in [1.807, 2.05) is 49.3 Å². The van der Waals surface area contributed by atoms with Crippen LogP contribution in [0, 0.1) is 5.41 Å². The molecule has 2 saturated heterocycles. The Balaban J connectivity index is 1.40. The zero-order valence-corrected chi connectivity index (χ0v) is 16.2. The van der Waals surface area contributed by atoms with Gasteiger partial charge in [-0.25, -0.2) is 4.68 Å². The summed E-state index contributed by atoms with van der Waals surface area (Å²) in [7, 11) is 3.95. The lowest BCUT2D eigenvalue weighted by Gasteiger charge is -2.36. The summed E-state index contributed by atoms with van der Waals surface area (Å²) < 4.78 is 7.18. The zero-order chi connectivity index (χ0) is 19.7. The number of benzene rings is 1. The summed E-state index contributed by atoms with van der Waals surface area (Å²) in [6, 6.07) is 9.56. The first-order valence-electron chi connectivity index (χ1n) is 9.60. The highest BCUT2D eigenvalue weighted by Crippen LogP contribution is 2.43. The lowest BCUT2D eigenvalue weighted by molar-refractivity contribution is -0.150. The van der Waals surface area contributed by atoms with Crippen molar-refractivity contribution in [1.82, 2.24) is 24.8 Å². The average molecular weight is 383 g/mol. The van der Waals surface area contributed by atoms with Gasteiger partial charge in [-0.2, -0.15) is 0 Å². The number of likely N-dealkylation sites (N-methyl/N-ethyl adjacent to an activating group) is 1. The van der Waals surface area contributed by atoms with E-state index in [0.29, 0.717) is 31.6 Å². The summed E-state index contributed by atoms with van der Waals surface area (Å²) in [5.41, 5.74) is 0.727. The number of aromatic nitrogens is 3. The number of hydrogen-bond acceptors (Lipinski definition) is 6. The third-order valence-corrected chi connectivity index (χ3v) is 5.63. The van der Waals surface area contributed by atoms with Crippen molar-refractivity contribution in [3.8, 4) is 5.69 Å².